The Kier molecular flexibility index (Phi) is 5.39. The second kappa shape index (κ2) is 8.07. The summed E-state index contributed by atoms with van der Waals surface area (Å²) in [6.07, 6.45) is 4.94. The molecule has 3 aromatic rings. The van der Waals surface area contributed by atoms with E-state index in [1.54, 1.807) is 36.5 Å². The highest BCUT2D eigenvalue weighted by atomic mass is 16.5. The molecule has 0 atom stereocenters. The van der Waals surface area contributed by atoms with E-state index in [1.807, 2.05) is 44.2 Å². The van der Waals surface area contributed by atoms with Gasteiger partial charge in [0.25, 0.3) is 0 Å². The maximum Gasteiger partial charge on any atom is 0.230 e. The number of carbonyl (C=O) groups is 1. The number of carbonyl (C=O) groups excluding carboxylic acids is 1. The van der Waals surface area contributed by atoms with E-state index in [2.05, 4.69) is 15.3 Å². The van der Waals surface area contributed by atoms with E-state index in [1.165, 1.54) is 6.08 Å². The number of hydrogen-bond acceptors (Lipinski definition) is 5. The molecule has 1 N–H and O–H groups in total. The number of allylic oxidation sites excluding steroid dienone is 2. The van der Waals surface area contributed by atoms with Crippen molar-refractivity contribution in [1.82, 2.24) is 9.97 Å². The predicted octanol–water partition coefficient (Wildman–Crippen LogP) is 5.08. The summed E-state index contributed by atoms with van der Waals surface area (Å²) in [6.45, 7) is 3.68. The Labute approximate surface area is 152 Å². The molecule has 1 heterocycles. The number of hydrogen-bond donors (Lipinski definition) is 1. The Morgan fingerprint density at radius 1 is 1.12 bits per heavy atom. The minimum atomic E-state index is -0.0659. The van der Waals surface area contributed by atoms with Crippen LogP contribution >= 0.6 is 0 Å². The van der Waals surface area contributed by atoms with Crippen molar-refractivity contribution in [1.29, 1.82) is 0 Å². The van der Waals surface area contributed by atoms with E-state index >= 15 is 0 Å². The summed E-state index contributed by atoms with van der Waals surface area (Å²) in [4.78, 5) is 20.7. The third kappa shape index (κ3) is 4.33. The number of nitrogens with one attached hydrogen (secondary N) is 1. The highest BCUT2D eigenvalue weighted by Crippen LogP contribution is 2.25. The van der Waals surface area contributed by atoms with E-state index in [4.69, 9.17) is 4.74 Å². The second-order valence-electron chi connectivity index (χ2n) is 5.67. The van der Waals surface area contributed by atoms with Gasteiger partial charge in [-0.2, -0.15) is 4.98 Å². The first kappa shape index (κ1) is 17.4. The van der Waals surface area contributed by atoms with Gasteiger partial charge in [0.15, 0.2) is 5.78 Å². The average Bonchev–Trinajstić information content (AvgIpc) is 2.66. The first-order valence-electron chi connectivity index (χ1n) is 8.26. The van der Waals surface area contributed by atoms with Gasteiger partial charge in [-0.1, -0.05) is 36.4 Å². The molecule has 0 unspecified atom stereocenters. The number of nitrogens with zero attached hydrogens (tertiary/aromatic N) is 2. The molecule has 26 heavy (non-hydrogen) atoms. The molecule has 0 radical (unpaired) electrons. The third-order valence-electron chi connectivity index (χ3n) is 3.61. The van der Waals surface area contributed by atoms with E-state index in [9.17, 15) is 4.79 Å². The highest BCUT2D eigenvalue weighted by molar-refractivity contribution is 6.04. The van der Waals surface area contributed by atoms with Gasteiger partial charge in [0.05, 0.1) is 0 Å². The van der Waals surface area contributed by atoms with Crippen molar-refractivity contribution < 1.29 is 9.53 Å². The van der Waals surface area contributed by atoms with Crippen LogP contribution in [0.15, 0.2) is 72.9 Å². The topological polar surface area (TPSA) is 64.1 Å². The maximum atomic E-state index is 12.0. The molecule has 0 fully saturated rings. The third-order valence-corrected chi connectivity index (χ3v) is 3.61. The number of ether oxygens (including phenoxy) is 1. The summed E-state index contributed by atoms with van der Waals surface area (Å²) in [5, 5.41) is 3.14. The Bertz CT molecular complexity index is 937. The molecule has 2 aromatic carbocycles. The molecule has 1 aromatic heterocycles. The number of ketones is 1. The molecule has 0 spiro atoms. The maximum absolute atomic E-state index is 12.0. The minimum Gasteiger partial charge on any atom is -0.439 e. The van der Waals surface area contributed by atoms with E-state index in [0.717, 1.165) is 11.3 Å². The van der Waals surface area contributed by atoms with Gasteiger partial charge >= 0.3 is 0 Å². The van der Waals surface area contributed by atoms with E-state index < -0.39 is 0 Å². The lowest BCUT2D eigenvalue weighted by atomic mass is 10.1. The second-order valence-corrected chi connectivity index (χ2v) is 5.67. The normalized spacial score (nSPS) is 10.7. The number of para-hydroxylation sites is 1. The van der Waals surface area contributed by atoms with E-state index in [0.29, 0.717) is 23.1 Å². The summed E-state index contributed by atoms with van der Waals surface area (Å²) in [5.74, 6) is 1.36. The fourth-order valence-corrected chi connectivity index (χ4v) is 2.31. The number of rotatable bonds is 6. The van der Waals surface area contributed by atoms with E-state index in [-0.39, 0.29) is 5.78 Å². The average molecular weight is 345 g/mol. The molecule has 0 bridgehead atoms. The lowest BCUT2D eigenvalue weighted by Crippen LogP contribution is -2.01. The van der Waals surface area contributed by atoms with Gasteiger partial charge in [-0.15, -0.1) is 0 Å². The van der Waals surface area contributed by atoms with Crippen LogP contribution < -0.4 is 10.1 Å². The molecule has 0 aliphatic heterocycles. The first-order valence-corrected chi connectivity index (χ1v) is 8.26. The fourth-order valence-electron chi connectivity index (χ4n) is 2.31. The SMILES string of the molecule is C/C=C/C(=O)c1cccc(Oc2nc(Nc3ccccc3)ncc2C)c1. The van der Waals surface area contributed by atoms with Crippen LogP contribution in [0.25, 0.3) is 0 Å². The zero-order valence-corrected chi connectivity index (χ0v) is 14.6. The zero-order chi connectivity index (χ0) is 18.4. The molecule has 0 aliphatic rings. The van der Waals surface area contributed by atoms with Gasteiger partial charge in [0.2, 0.25) is 11.8 Å². The molecule has 5 heteroatoms. The number of aromatic nitrogens is 2. The Hall–Kier alpha value is -3.47. The van der Waals surface area contributed by atoms with Crippen molar-refractivity contribution >= 4 is 17.4 Å². The largest absolute Gasteiger partial charge is 0.439 e. The number of anilines is 2. The zero-order valence-electron chi connectivity index (χ0n) is 14.6. The van der Waals surface area contributed by atoms with Gasteiger partial charge in [0.1, 0.15) is 5.75 Å². The predicted molar refractivity (Wildman–Crippen MR) is 102 cm³/mol. The van der Waals surface area contributed by atoms with Crippen LogP contribution in [-0.4, -0.2) is 15.8 Å². The van der Waals surface area contributed by atoms with Crippen LogP contribution in [0.4, 0.5) is 11.6 Å². The van der Waals surface area contributed by atoms with Gasteiger partial charge in [-0.3, -0.25) is 4.79 Å². The summed E-state index contributed by atoms with van der Waals surface area (Å²) in [5.41, 5.74) is 2.25. The van der Waals surface area contributed by atoms with Crippen molar-refractivity contribution in [3.8, 4) is 11.6 Å². The molecule has 0 amide bonds. The summed E-state index contributed by atoms with van der Waals surface area (Å²) in [6, 6.07) is 16.7. The van der Waals surface area contributed by atoms with Crippen LogP contribution in [0.5, 0.6) is 11.6 Å². The minimum absolute atomic E-state index is 0.0659. The molecule has 5 nitrogen and oxygen atoms in total. The highest BCUT2D eigenvalue weighted by Gasteiger charge is 2.09. The van der Waals surface area contributed by atoms with Gasteiger partial charge in [-0.25, -0.2) is 4.98 Å². The molecule has 3 rings (SSSR count). The van der Waals surface area contributed by atoms with Crippen molar-refractivity contribution in [3.63, 3.8) is 0 Å². The van der Waals surface area contributed by atoms with Crippen LogP contribution in [-0.2, 0) is 0 Å². The van der Waals surface area contributed by atoms with Crippen molar-refractivity contribution in [2.24, 2.45) is 0 Å². The Morgan fingerprint density at radius 2 is 1.92 bits per heavy atom. The standard InChI is InChI=1S/C21H19N3O2/c1-3-8-19(25)16-9-7-12-18(13-16)26-20-15(2)14-22-21(24-20)23-17-10-5-4-6-11-17/h3-14H,1-2H3,(H,22,23,24)/b8-3+. The molecule has 130 valence electrons. The first-order chi connectivity index (χ1) is 12.7. The summed E-state index contributed by atoms with van der Waals surface area (Å²) < 4.78 is 5.89. The Morgan fingerprint density at radius 3 is 2.69 bits per heavy atom. The number of benzene rings is 2. The molecular formula is C21H19N3O2. The van der Waals surface area contributed by atoms with Crippen molar-refractivity contribution in [2.45, 2.75) is 13.8 Å². The lowest BCUT2D eigenvalue weighted by Gasteiger charge is -2.10. The van der Waals surface area contributed by atoms with Gasteiger partial charge in [-0.05, 0) is 44.2 Å². The van der Waals surface area contributed by atoms with Gasteiger partial charge < -0.3 is 10.1 Å². The van der Waals surface area contributed by atoms with Crippen LogP contribution in [0.3, 0.4) is 0 Å². The number of aryl methyl sites for hydroxylation is 1. The van der Waals surface area contributed by atoms with Crippen LogP contribution in [0, 0.1) is 6.92 Å². The smallest absolute Gasteiger partial charge is 0.230 e. The van der Waals surface area contributed by atoms with Crippen molar-refractivity contribution in [2.75, 3.05) is 5.32 Å². The Balaban J connectivity index is 1.82. The monoisotopic (exact) mass is 345 g/mol. The van der Waals surface area contributed by atoms with Crippen molar-refractivity contribution in [3.05, 3.63) is 84.1 Å². The molecule has 0 saturated carbocycles. The molecule has 0 saturated heterocycles. The fraction of sp³-hybridized carbons (Fsp3) is 0.0952. The molecule has 0 aliphatic carbocycles. The summed E-state index contributed by atoms with van der Waals surface area (Å²) >= 11 is 0. The van der Waals surface area contributed by atoms with Gasteiger partial charge in [0, 0.05) is 23.0 Å². The van der Waals surface area contributed by atoms with Crippen LogP contribution in [0.1, 0.15) is 22.8 Å². The lowest BCUT2D eigenvalue weighted by molar-refractivity contribution is 0.104. The van der Waals surface area contributed by atoms with Crippen LogP contribution in [0.2, 0.25) is 0 Å². The molecular weight excluding hydrogens is 326 g/mol. The summed E-state index contributed by atoms with van der Waals surface area (Å²) in [7, 11) is 0. The quantitative estimate of drug-likeness (QED) is 0.498.